The monoisotopic (exact) mass is 1840 g/mol. The Balaban J connectivity index is 0.000000111. The minimum Gasteiger partial charge on any atom is -0.355 e. The summed E-state index contributed by atoms with van der Waals surface area (Å²) in [4.78, 5) is 3.53. The molecule has 32 rings (SSSR count). The maximum Gasteiger partial charge on any atom is 0.0725 e. The largest absolute Gasteiger partial charge is 0.355 e. The summed E-state index contributed by atoms with van der Waals surface area (Å²) in [5.74, 6) is 0. The third-order valence-electron chi connectivity index (χ3n) is 31.3. The van der Waals surface area contributed by atoms with Gasteiger partial charge in [-0.05, 0) is 321 Å². The first-order valence-electron chi connectivity index (χ1n) is 48.2. The molecule has 0 saturated heterocycles. The Kier molecular flexibility index (Phi) is 17.4. The van der Waals surface area contributed by atoms with E-state index >= 15 is 0 Å². The van der Waals surface area contributed by atoms with Gasteiger partial charge in [-0.2, -0.15) is 0 Å². The predicted octanol–water partition coefficient (Wildman–Crippen LogP) is 36.3. The molecule has 140 heavy (non-hydrogen) atoms. The number of nitrogens with zero attached hydrogens (tertiary/aromatic N) is 3. The Morgan fingerprint density at radius 2 is 0.429 bits per heavy atom. The average Bonchev–Trinajstić information content (AvgIpc) is 1.50. The highest BCUT2D eigenvalue weighted by molar-refractivity contribution is 9.10. The van der Waals surface area contributed by atoms with Crippen LogP contribution < -0.4 is 0 Å². The molecule has 0 saturated carbocycles. The normalized spacial score (nSPS) is 13.1. The zero-order valence-electron chi connectivity index (χ0n) is 75.4. The SMILES string of the molecule is Brc1ccc2c(c1)-c1cc3c4ccccc4c4ccccc4c3cc1C21c2ccccc2-c2ccccc21.C.c1ccc(-n2c3ccccc3c3cc(-c4ccc5[nH]c6ccccc6c5c4)ccc32)cc1.c1ccc(-n2c3ccccc3c3cc(-c4ccc5c(c4)c4ccccc4n5-c4ccc5c(c4)-c4cc6c7ccccc7c7ccccc7c6cc4C54c5ccccc5-c5ccccc54)ccc32)cc1. The molecule has 0 aliphatic heterocycles. The van der Waals surface area contributed by atoms with Crippen LogP contribution in [0.4, 0.5) is 0 Å². The van der Waals surface area contributed by atoms with E-state index in [-0.39, 0.29) is 12.8 Å². The lowest BCUT2D eigenvalue weighted by Crippen LogP contribution is -2.25. The van der Waals surface area contributed by atoms with Gasteiger partial charge in [-0.1, -0.05) is 363 Å². The zero-order valence-corrected chi connectivity index (χ0v) is 77.0. The van der Waals surface area contributed by atoms with Crippen molar-refractivity contribution in [1.82, 2.24) is 18.7 Å². The molecule has 28 aromatic rings. The minimum absolute atomic E-state index is 0. The van der Waals surface area contributed by atoms with Crippen molar-refractivity contribution >= 4 is 168 Å². The number of aromatic nitrogens is 4. The van der Waals surface area contributed by atoms with Gasteiger partial charge >= 0.3 is 0 Å². The maximum absolute atomic E-state index is 3.80. The van der Waals surface area contributed by atoms with E-state index in [2.05, 4.69) is 520 Å². The molecule has 4 heterocycles. The van der Waals surface area contributed by atoms with Gasteiger partial charge in [-0.25, -0.2) is 0 Å². The van der Waals surface area contributed by atoms with Crippen LogP contribution in [0.15, 0.2) is 490 Å². The molecule has 5 heteroatoms. The van der Waals surface area contributed by atoms with Crippen LogP contribution in [0.25, 0.3) is 236 Å². The number of benzene rings is 24. The van der Waals surface area contributed by atoms with Gasteiger partial charge in [-0.15, -0.1) is 0 Å². The summed E-state index contributed by atoms with van der Waals surface area (Å²) in [6.45, 7) is 0. The van der Waals surface area contributed by atoms with Gasteiger partial charge in [-0.3, -0.25) is 0 Å². The number of hydrogen-bond donors (Lipinski definition) is 1. The first kappa shape index (κ1) is 79.9. The Morgan fingerprint density at radius 3 is 0.829 bits per heavy atom. The summed E-state index contributed by atoms with van der Waals surface area (Å²) in [6.07, 6.45) is 0. The number of fused-ring (bicyclic) bond motifs is 44. The van der Waals surface area contributed by atoms with Gasteiger partial charge in [0.05, 0.1) is 43.9 Å². The molecular weight excluding hydrogens is 1760 g/mol. The minimum atomic E-state index is -0.471. The zero-order chi connectivity index (χ0) is 91.0. The highest BCUT2D eigenvalue weighted by atomic mass is 79.9. The summed E-state index contributed by atoms with van der Waals surface area (Å²) >= 11 is 3.80. The molecule has 652 valence electrons. The molecule has 2 spiro atoms. The van der Waals surface area contributed by atoms with Gasteiger partial charge in [0.25, 0.3) is 0 Å². The van der Waals surface area contributed by atoms with E-state index in [1.165, 1.54) is 275 Å². The molecule has 0 bridgehead atoms. The number of halogens is 1. The van der Waals surface area contributed by atoms with E-state index in [1.807, 2.05) is 0 Å². The Morgan fingerprint density at radius 1 is 0.157 bits per heavy atom. The van der Waals surface area contributed by atoms with Crippen molar-refractivity contribution in [2.75, 3.05) is 0 Å². The first-order chi connectivity index (χ1) is 68.9. The van der Waals surface area contributed by atoms with Crippen LogP contribution in [-0.2, 0) is 10.8 Å². The summed E-state index contributed by atoms with van der Waals surface area (Å²) in [6, 6.07) is 180. The molecule has 4 aliphatic rings. The Hall–Kier alpha value is -17.5. The molecular formula is C135H85BrN4. The van der Waals surface area contributed by atoms with Crippen molar-refractivity contribution in [2.24, 2.45) is 0 Å². The number of nitrogens with one attached hydrogen (secondary N) is 1. The van der Waals surface area contributed by atoms with Gasteiger partial charge in [0.2, 0.25) is 0 Å². The molecule has 4 aliphatic carbocycles. The summed E-state index contributed by atoms with van der Waals surface area (Å²) in [7, 11) is 0. The number of H-pyrrole nitrogens is 1. The van der Waals surface area contributed by atoms with E-state index in [0.29, 0.717) is 0 Å². The van der Waals surface area contributed by atoms with E-state index in [9.17, 15) is 0 Å². The molecule has 0 amide bonds. The topological polar surface area (TPSA) is 30.6 Å². The van der Waals surface area contributed by atoms with Gasteiger partial charge in [0, 0.05) is 75.7 Å². The second-order valence-electron chi connectivity index (χ2n) is 38.0. The van der Waals surface area contributed by atoms with Crippen molar-refractivity contribution < 1.29 is 0 Å². The van der Waals surface area contributed by atoms with E-state index < -0.39 is 5.41 Å². The van der Waals surface area contributed by atoms with Crippen molar-refractivity contribution in [1.29, 1.82) is 0 Å². The van der Waals surface area contributed by atoms with Crippen LogP contribution in [0.1, 0.15) is 51.9 Å². The second kappa shape index (κ2) is 30.5. The highest BCUT2D eigenvalue weighted by Gasteiger charge is 2.54. The summed E-state index contributed by atoms with van der Waals surface area (Å²) in [5.41, 5.74) is 38.8. The summed E-state index contributed by atoms with van der Waals surface area (Å²) < 4.78 is 8.36. The lowest BCUT2D eigenvalue weighted by atomic mass is 9.70. The molecule has 0 fully saturated rings. The molecule has 0 atom stereocenters. The first-order valence-corrected chi connectivity index (χ1v) is 49.0. The third-order valence-corrected chi connectivity index (χ3v) is 31.8. The molecule has 4 aromatic heterocycles. The van der Waals surface area contributed by atoms with Crippen LogP contribution in [0.2, 0.25) is 0 Å². The molecule has 1 N–H and O–H groups in total. The Labute approximate surface area is 816 Å². The molecule has 24 aromatic carbocycles. The van der Waals surface area contributed by atoms with Gasteiger partial charge in [0.1, 0.15) is 0 Å². The Bertz CT molecular complexity index is 10100. The van der Waals surface area contributed by atoms with Crippen molar-refractivity contribution in [3.05, 3.63) is 534 Å². The van der Waals surface area contributed by atoms with Crippen molar-refractivity contribution in [3.8, 4) is 83.8 Å². The standard InChI is InChI=1S/C67H40N2.C37H21Br.C30H20N2.CH4/c1-2-16-43(17-3-1)68-63-28-14-10-24-51(63)57-36-41(30-34-65(57)68)42-31-35-66-58(37-42)52-25-11-15-29-64(52)69(66)44-32-33-61-55(38-44)56-39-53-47-20-6-4-18-45(47)46-19-5-7-21-48(46)54(53)40-62(56)67(61)59-26-12-8-22-49(59)50-23-9-13-27-60(50)67;38-22-17-18-35-31(19-22)32-20-29-25-11-3-1-9-23(25)24-10-2-4-12-26(24)30(29)21-36(32)37(35)33-15-7-5-13-27(33)28-14-6-8-16-34(28)37;1-2-8-22(9-3-1)32-29-13-7-5-11-24(29)26-19-21(15-17-30(26)32)20-14-16-28-25(18-20)23-10-4-6-12-27(23)31-28;/h1-40H;1-21H;1-19,31H;1H4. The number of hydrogen-bond acceptors (Lipinski definition) is 0. The number of aromatic amines is 1. The molecule has 0 unspecified atom stereocenters. The quantitative estimate of drug-likeness (QED) is 0.167. The molecule has 0 radical (unpaired) electrons. The number of rotatable bonds is 5. The van der Waals surface area contributed by atoms with E-state index in [1.54, 1.807) is 0 Å². The fourth-order valence-electron chi connectivity index (χ4n) is 25.7. The fourth-order valence-corrected chi connectivity index (χ4v) is 26.0. The second-order valence-corrected chi connectivity index (χ2v) is 38.9. The smallest absolute Gasteiger partial charge is 0.0725 e. The highest BCUT2D eigenvalue weighted by Crippen LogP contribution is 2.67. The van der Waals surface area contributed by atoms with Gasteiger partial charge < -0.3 is 18.7 Å². The van der Waals surface area contributed by atoms with Crippen LogP contribution in [0, 0.1) is 0 Å². The van der Waals surface area contributed by atoms with Crippen LogP contribution >= 0.6 is 15.9 Å². The predicted molar refractivity (Wildman–Crippen MR) is 595 cm³/mol. The van der Waals surface area contributed by atoms with Gasteiger partial charge in [0.15, 0.2) is 0 Å². The van der Waals surface area contributed by atoms with Crippen LogP contribution in [0.5, 0.6) is 0 Å². The van der Waals surface area contributed by atoms with Crippen molar-refractivity contribution in [2.45, 2.75) is 18.3 Å². The van der Waals surface area contributed by atoms with E-state index in [4.69, 9.17) is 0 Å². The molecule has 4 nitrogen and oxygen atoms in total. The van der Waals surface area contributed by atoms with Crippen LogP contribution in [0.3, 0.4) is 0 Å². The average molecular weight is 1840 g/mol. The maximum atomic E-state index is 3.80. The van der Waals surface area contributed by atoms with Crippen molar-refractivity contribution in [3.63, 3.8) is 0 Å². The number of para-hydroxylation sites is 6. The summed E-state index contributed by atoms with van der Waals surface area (Å²) in [5, 5.41) is 25.8. The van der Waals surface area contributed by atoms with E-state index in [0.717, 1.165) is 10.2 Å². The lowest BCUT2D eigenvalue weighted by Gasteiger charge is -2.31. The van der Waals surface area contributed by atoms with Crippen LogP contribution in [-0.4, -0.2) is 18.7 Å². The fraction of sp³-hybridized carbons (Fsp3) is 0.0222. The third kappa shape index (κ3) is 11.2. The lowest BCUT2D eigenvalue weighted by molar-refractivity contribution is 0.795.